The van der Waals surface area contributed by atoms with Crippen LogP contribution in [0.2, 0.25) is 0 Å². The number of hydrogen-bond acceptors (Lipinski definition) is 2. The Bertz CT molecular complexity index is 491. The average molecular weight is 285 g/mol. The number of thioether (sulfide) groups is 1. The summed E-state index contributed by atoms with van der Waals surface area (Å²) in [7, 11) is 0. The van der Waals surface area contributed by atoms with E-state index in [2.05, 4.69) is 73.8 Å². The lowest BCUT2D eigenvalue weighted by molar-refractivity contribution is 1.02. The lowest BCUT2D eigenvalue weighted by atomic mass is 10.1. The molecule has 0 saturated carbocycles. The van der Waals surface area contributed by atoms with Gasteiger partial charge in [-0.3, -0.25) is 0 Å². The van der Waals surface area contributed by atoms with Crippen LogP contribution in [0.15, 0.2) is 54.6 Å². The Kier molecular flexibility index (Phi) is 6.00. The molecule has 0 aromatic heterocycles. The fourth-order valence-electron chi connectivity index (χ4n) is 1.98. The van der Waals surface area contributed by atoms with Gasteiger partial charge in [0.25, 0.3) is 0 Å². The molecule has 2 aromatic rings. The highest BCUT2D eigenvalue weighted by Crippen LogP contribution is 2.18. The van der Waals surface area contributed by atoms with Crippen molar-refractivity contribution in [3.63, 3.8) is 0 Å². The first-order chi connectivity index (χ1) is 9.74. The van der Waals surface area contributed by atoms with Gasteiger partial charge in [0.15, 0.2) is 0 Å². The summed E-state index contributed by atoms with van der Waals surface area (Å²) in [5.74, 6) is 1.10. The van der Waals surface area contributed by atoms with Crippen LogP contribution in [-0.4, -0.2) is 11.8 Å². The summed E-state index contributed by atoms with van der Waals surface area (Å²) in [6.45, 7) is 5.46. The average Bonchev–Trinajstić information content (AvgIpc) is 2.47. The maximum Gasteiger partial charge on any atom is 0.0340 e. The van der Waals surface area contributed by atoms with Crippen LogP contribution in [-0.2, 0) is 12.2 Å². The maximum atomic E-state index is 3.48. The van der Waals surface area contributed by atoms with E-state index < -0.39 is 0 Å². The molecule has 2 rings (SSSR count). The van der Waals surface area contributed by atoms with E-state index in [-0.39, 0.29) is 0 Å². The van der Waals surface area contributed by atoms with Crippen LogP contribution >= 0.6 is 11.8 Å². The van der Waals surface area contributed by atoms with E-state index in [0.717, 1.165) is 18.7 Å². The first-order valence-electron chi connectivity index (χ1n) is 7.22. The van der Waals surface area contributed by atoms with Gasteiger partial charge in [0, 0.05) is 18.0 Å². The molecule has 1 N–H and O–H groups in total. The minimum Gasteiger partial charge on any atom is -0.385 e. The smallest absolute Gasteiger partial charge is 0.0340 e. The monoisotopic (exact) mass is 285 g/mol. The molecular formula is C18H23NS. The Morgan fingerprint density at radius 1 is 0.900 bits per heavy atom. The van der Waals surface area contributed by atoms with Gasteiger partial charge in [0.2, 0.25) is 0 Å². The quantitative estimate of drug-likeness (QED) is 0.769. The van der Waals surface area contributed by atoms with E-state index in [4.69, 9.17) is 0 Å². The molecular weight excluding hydrogens is 262 g/mol. The van der Waals surface area contributed by atoms with Gasteiger partial charge in [-0.25, -0.2) is 0 Å². The molecule has 0 fully saturated rings. The number of hydrogen-bond donors (Lipinski definition) is 1. The summed E-state index contributed by atoms with van der Waals surface area (Å²) < 4.78 is 0. The van der Waals surface area contributed by atoms with Crippen molar-refractivity contribution in [3.8, 4) is 0 Å². The molecule has 0 bridgehead atoms. The molecule has 0 radical (unpaired) electrons. The van der Waals surface area contributed by atoms with E-state index in [1.807, 2.05) is 11.8 Å². The van der Waals surface area contributed by atoms with E-state index in [9.17, 15) is 0 Å². The van der Waals surface area contributed by atoms with Crippen LogP contribution in [0, 0.1) is 0 Å². The van der Waals surface area contributed by atoms with E-state index in [1.54, 1.807) is 0 Å². The fraction of sp³-hybridized carbons (Fsp3) is 0.333. The van der Waals surface area contributed by atoms with Gasteiger partial charge >= 0.3 is 0 Å². The number of anilines is 1. The molecule has 2 aromatic carbocycles. The summed E-state index contributed by atoms with van der Waals surface area (Å²) in [4.78, 5) is 0. The molecule has 0 aliphatic heterocycles. The first kappa shape index (κ1) is 15.0. The van der Waals surface area contributed by atoms with Crippen molar-refractivity contribution in [1.29, 1.82) is 0 Å². The van der Waals surface area contributed by atoms with Crippen molar-refractivity contribution >= 4 is 17.4 Å². The third-order valence-corrected chi connectivity index (χ3v) is 4.29. The predicted octanol–water partition coefficient (Wildman–Crippen LogP) is 4.98. The molecule has 0 aliphatic rings. The summed E-state index contributed by atoms with van der Waals surface area (Å²) in [5.41, 5.74) is 3.99. The molecule has 106 valence electrons. The molecule has 0 unspecified atom stereocenters. The van der Waals surface area contributed by atoms with Gasteiger partial charge in [0.05, 0.1) is 0 Å². The zero-order chi connectivity index (χ0) is 14.2. The predicted molar refractivity (Wildman–Crippen MR) is 91.5 cm³/mol. The summed E-state index contributed by atoms with van der Waals surface area (Å²) in [5, 5.41) is 4.17. The van der Waals surface area contributed by atoms with Gasteiger partial charge in [-0.2, -0.15) is 11.8 Å². The number of rotatable bonds is 7. The largest absolute Gasteiger partial charge is 0.385 e. The maximum absolute atomic E-state index is 3.48. The second-order valence-electron chi connectivity index (χ2n) is 5.22. The summed E-state index contributed by atoms with van der Waals surface area (Å²) >= 11 is 1.98. The van der Waals surface area contributed by atoms with E-state index in [1.165, 1.54) is 16.8 Å². The van der Waals surface area contributed by atoms with Crippen molar-refractivity contribution < 1.29 is 0 Å². The van der Waals surface area contributed by atoms with Crippen LogP contribution in [0.3, 0.4) is 0 Å². The Hall–Kier alpha value is -1.41. The molecule has 0 saturated heterocycles. The second-order valence-corrected chi connectivity index (χ2v) is 6.78. The third kappa shape index (κ3) is 5.30. The third-order valence-electron chi connectivity index (χ3n) is 3.12. The topological polar surface area (TPSA) is 12.0 Å². The molecule has 0 atom stereocenters. The Balaban J connectivity index is 1.76. The highest BCUT2D eigenvalue weighted by atomic mass is 32.2. The van der Waals surface area contributed by atoms with Crippen LogP contribution in [0.25, 0.3) is 0 Å². The van der Waals surface area contributed by atoms with E-state index >= 15 is 0 Å². The summed E-state index contributed by atoms with van der Waals surface area (Å²) in [6.07, 6.45) is 1.06. The first-order valence-corrected chi connectivity index (χ1v) is 8.27. The minimum absolute atomic E-state index is 0.693. The minimum atomic E-state index is 0.693. The highest BCUT2D eigenvalue weighted by molar-refractivity contribution is 7.99. The number of benzene rings is 2. The number of nitrogens with one attached hydrogen (secondary N) is 1. The lowest BCUT2D eigenvalue weighted by Gasteiger charge is -2.08. The Morgan fingerprint density at radius 2 is 1.60 bits per heavy atom. The van der Waals surface area contributed by atoms with Crippen molar-refractivity contribution in [3.05, 3.63) is 65.7 Å². The molecule has 0 heterocycles. The Morgan fingerprint density at radius 3 is 2.25 bits per heavy atom. The van der Waals surface area contributed by atoms with Crippen molar-refractivity contribution in [1.82, 2.24) is 0 Å². The standard InChI is InChI=1S/C18H23NS/c1-15(2)20-14-17-8-10-18(11-9-17)19-13-12-16-6-4-3-5-7-16/h3-11,15,19H,12-14H2,1-2H3. The molecule has 20 heavy (non-hydrogen) atoms. The van der Waals surface area contributed by atoms with Gasteiger partial charge in [0.1, 0.15) is 0 Å². The normalized spacial score (nSPS) is 10.8. The zero-order valence-corrected chi connectivity index (χ0v) is 13.1. The second kappa shape index (κ2) is 8.01. The SMILES string of the molecule is CC(C)SCc1ccc(NCCc2ccccc2)cc1. The molecule has 2 heteroatoms. The van der Waals surface area contributed by atoms with Crippen LogP contribution in [0.5, 0.6) is 0 Å². The zero-order valence-electron chi connectivity index (χ0n) is 12.3. The van der Waals surface area contributed by atoms with Gasteiger partial charge < -0.3 is 5.32 Å². The van der Waals surface area contributed by atoms with Crippen molar-refractivity contribution in [2.24, 2.45) is 0 Å². The molecule has 1 nitrogen and oxygen atoms in total. The van der Waals surface area contributed by atoms with Crippen molar-refractivity contribution in [2.45, 2.75) is 31.3 Å². The molecule has 0 aliphatic carbocycles. The molecule has 0 spiro atoms. The van der Waals surface area contributed by atoms with E-state index in [0.29, 0.717) is 5.25 Å². The van der Waals surface area contributed by atoms with Crippen molar-refractivity contribution in [2.75, 3.05) is 11.9 Å². The van der Waals surface area contributed by atoms with Gasteiger partial charge in [-0.05, 0) is 34.9 Å². The van der Waals surface area contributed by atoms with Crippen LogP contribution < -0.4 is 5.32 Å². The Labute approximate surface area is 126 Å². The van der Waals surface area contributed by atoms with Gasteiger partial charge in [-0.1, -0.05) is 56.3 Å². The van der Waals surface area contributed by atoms with Gasteiger partial charge in [-0.15, -0.1) is 0 Å². The molecule has 0 amide bonds. The highest BCUT2D eigenvalue weighted by Gasteiger charge is 1.98. The summed E-state index contributed by atoms with van der Waals surface area (Å²) in [6, 6.07) is 19.4. The lowest BCUT2D eigenvalue weighted by Crippen LogP contribution is -2.04. The van der Waals surface area contributed by atoms with Crippen LogP contribution in [0.1, 0.15) is 25.0 Å². The van der Waals surface area contributed by atoms with Crippen LogP contribution in [0.4, 0.5) is 5.69 Å². The fourth-order valence-corrected chi connectivity index (χ4v) is 2.70.